The third-order valence-corrected chi connectivity index (χ3v) is 3.30. The van der Waals surface area contributed by atoms with Crippen LogP contribution in [0.2, 0.25) is 0 Å². The molecular formula is C17H26O2. The van der Waals surface area contributed by atoms with Gasteiger partial charge in [0.1, 0.15) is 11.5 Å². The van der Waals surface area contributed by atoms with Crippen molar-refractivity contribution in [3.05, 3.63) is 34.9 Å². The predicted octanol–water partition coefficient (Wildman–Crippen LogP) is 4.91. The summed E-state index contributed by atoms with van der Waals surface area (Å²) < 4.78 is 0. The van der Waals surface area contributed by atoms with E-state index in [9.17, 15) is 10.2 Å². The maximum atomic E-state index is 10.5. The van der Waals surface area contributed by atoms with E-state index >= 15 is 0 Å². The molecule has 0 unspecified atom stereocenters. The summed E-state index contributed by atoms with van der Waals surface area (Å²) in [6.07, 6.45) is 1.67. The zero-order valence-corrected chi connectivity index (χ0v) is 13.1. The minimum atomic E-state index is -0.173. The molecule has 0 saturated carbocycles. The van der Waals surface area contributed by atoms with Crippen LogP contribution in [0.4, 0.5) is 0 Å². The number of hydrogen-bond acceptors (Lipinski definition) is 2. The first-order valence-corrected chi connectivity index (χ1v) is 6.72. The fourth-order valence-electron chi connectivity index (χ4n) is 2.09. The minimum Gasteiger partial charge on any atom is -0.508 e. The lowest BCUT2D eigenvalue weighted by atomic mass is 9.78. The van der Waals surface area contributed by atoms with Crippen LogP contribution in [0.5, 0.6) is 5.75 Å². The van der Waals surface area contributed by atoms with Gasteiger partial charge >= 0.3 is 0 Å². The maximum Gasteiger partial charge on any atom is 0.123 e. The molecule has 2 heteroatoms. The van der Waals surface area contributed by atoms with Crippen LogP contribution in [0.15, 0.2) is 18.2 Å². The van der Waals surface area contributed by atoms with Crippen molar-refractivity contribution in [2.24, 2.45) is 0 Å². The van der Waals surface area contributed by atoms with Gasteiger partial charge in [-0.2, -0.15) is 0 Å². The predicted molar refractivity (Wildman–Crippen MR) is 81.8 cm³/mol. The number of phenols is 1. The summed E-state index contributed by atoms with van der Waals surface area (Å²) >= 11 is 0. The van der Waals surface area contributed by atoms with Crippen LogP contribution >= 0.6 is 0 Å². The van der Waals surface area contributed by atoms with Crippen molar-refractivity contribution in [2.75, 3.05) is 0 Å². The van der Waals surface area contributed by atoms with Gasteiger partial charge in [-0.15, -0.1) is 0 Å². The van der Waals surface area contributed by atoms with E-state index in [4.69, 9.17) is 0 Å². The van der Waals surface area contributed by atoms with Gasteiger partial charge in [0.2, 0.25) is 0 Å². The number of hydrogen-bond donors (Lipinski definition) is 2. The molecule has 2 nitrogen and oxygen atoms in total. The number of aliphatic hydroxyl groups is 1. The van der Waals surface area contributed by atoms with E-state index in [-0.39, 0.29) is 16.6 Å². The summed E-state index contributed by atoms with van der Waals surface area (Å²) in [6.45, 7) is 14.2. The van der Waals surface area contributed by atoms with Crippen LogP contribution in [0.25, 0.3) is 5.76 Å². The first-order valence-electron chi connectivity index (χ1n) is 6.72. The summed E-state index contributed by atoms with van der Waals surface area (Å²) in [7, 11) is 0. The Morgan fingerprint density at radius 2 is 1.32 bits per heavy atom. The Kier molecular flexibility index (Phi) is 4.04. The van der Waals surface area contributed by atoms with Crippen LogP contribution in [0.3, 0.4) is 0 Å². The molecule has 19 heavy (non-hydrogen) atoms. The van der Waals surface area contributed by atoms with Crippen LogP contribution < -0.4 is 0 Å². The molecule has 0 spiro atoms. The standard InChI is InChI=1S/C17H26O2/c1-8-14(18)11-9-12(16(2,3)4)15(19)13(10-11)17(5,6)7/h8-10,18-19H,1-7H3. The van der Waals surface area contributed by atoms with Crippen molar-refractivity contribution >= 4 is 5.76 Å². The largest absolute Gasteiger partial charge is 0.508 e. The van der Waals surface area contributed by atoms with Gasteiger partial charge in [0, 0.05) is 16.7 Å². The van der Waals surface area contributed by atoms with Crippen molar-refractivity contribution < 1.29 is 10.2 Å². The number of aromatic hydroxyl groups is 1. The zero-order valence-electron chi connectivity index (χ0n) is 13.1. The highest BCUT2D eigenvalue weighted by molar-refractivity contribution is 5.64. The van der Waals surface area contributed by atoms with Gasteiger partial charge in [-0.3, -0.25) is 0 Å². The number of phenolic OH excluding ortho intramolecular Hbond substituents is 1. The molecule has 0 fully saturated rings. The average Bonchev–Trinajstić information content (AvgIpc) is 2.25. The third-order valence-electron chi connectivity index (χ3n) is 3.30. The van der Waals surface area contributed by atoms with Gasteiger partial charge in [-0.05, 0) is 36.0 Å². The van der Waals surface area contributed by atoms with Crippen LogP contribution in [-0.2, 0) is 10.8 Å². The van der Waals surface area contributed by atoms with Gasteiger partial charge in [0.15, 0.2) is 0 Å². The minimum absolute atomic E-state index is 0.173. The Labute approximate surface area is 116 Å². The lowest BCUT2D eigenvalue weighted by Gasteiger charge is -2.28. The van der Waals surface area contributed by atoms with Crippen molar-refractivity contribution in [3.63, 3.8) is 0 Å². The molecule has 0 aliphatic carbocycles. The van der Waals surface area contributed by atoms with Crippen LogP contribution in [0.1, 0.15) is 65.2 Å². The van der Waals surface area contributed by atoms with Crippen molar-refractivity contribution in [1.29, 1.82) is 0 Å². The average molecular weight is 262 g/mol. The van der Waals surface area contributed by atoms with Gasteiger partial charge < -0.3 is 10.2 Å². The van der Waals surface area contributed by atoms with Gasteiger partial charge in [-0.25, -0.2) is 0 Å². The molecule has 0 radical (unpaired) electrons. The van der Waals surface area contributed by atoms with E-state index < -0.39 is 0 Å². The quantitative estimate of drug-likeness (QED) is 0.706. The number of benzene rings is 1. The molecule has 0 aliphatic rings. The summed E-state index contributed by atoms with van der Waals surface area (Å²) in [5.41, 5.74) is 2.14. The zero-order chi connectivity index (χ0) is 15.0. The molecule has 0 saturated heterocycles. The normalized spacial score (nSPS) is 13.7. The van der Waals surface area contributed by atoms with E-state index in [2.05, 4.69) is 41.5 Å². The highest BCUT2D eigenvalue weighted by Crippen LogP contribution is 2.40. The Hall–Kier alpha value is -1.44. The maximum absolute atomic E-state index is 10.5. The second kappa shape index (κ2) is 4.92. The van der Waals surface area contributed by atoms with Crippen LogP contribution in [0, 0.1) is 0 Å². The molecule has 2 N–H and O–H groups in total. The third kappa shape index (κ3) is 3.31. The Balaban J connectivity index is 3.67. The molecule has 1 aromatic carbocycles. The van der Waals surface area contributed by atoms with Crippen molar-refractivity contribution in [1.82, 2.24) is 0 Å². The molecule has 1 rings (SSSR count). The first-order chi connectivity index (χ1) is 8.48. The molecule has 106 valence electrons. The Morgan fingerprint density at radius 3 is 1.58 bits per heavy atom. The number of rotatable bonds is 1. The fraction of sp³-hybridized carbons (Fsp3) is 0.529. The molecule has 0 amide bonds. The van der Waals surface area contributed by atoms with Crippen molar-refractivity contribution in [3.8, 4) is 5.75 Å². The molecule has 1 aromatic rings. The second-order valence-electron chi connectivity index (χ2n) is 7.09. The van der Waals surface area contributed by atoms with Gasteiger partial charge in [-0.1, -0.05) is 41.5 Å². The monoisotopic (exact) mass is 262 g/mol. The summed E-state index contributed by atoms with van der Waals surface area (Å²) in [5, 5.41) is 20.5. The van der Waals surface area contributed by atoms with Gasteiger partial charge in [0.25, 0.3) is 0 Å². The molecule has 0 aromatic heterocycles. The SMILES string of the molecule is CC=C(O)c1cc(C(C)(C)C)c(O)c(C(C)(C)C)c1. The lowest BCUT2D eigenvalue weighted by Crippen LogP contribution is -2.17. The molecular weight excluding hydrogens is 236 g/mol. The van der Waals surface area contributed by atoms with Crippen LogP contribution in [-0.4, -0.2) is 10.2 Å². The number of aliphatic hydroxyl groups excluding tert-OH is 1. The highest BCUT2D eigenvalue weighted by Gasteiger charge is 2.26. The molecule has 0 atom stereocenters. The number of allylic oxidation sites excluding steroid dienone is 1. The van der Waals surface area contributed by atoms with E-state index in [0.717, 1.165) is 16.7 Å². The van der Waals surface area contributed by atoms with Crippen molar-refractivity contribution in [2.45, 2.75) is 59.3 Å². The van der Waals surface area contributed by atoms with E-state index in [0.29, 0.717) is 5.75 Å². The summed E-state index contributed by atoms with van der Waals surface area (Å²) in [5.74, 6) is 0.587. The Morgan fingerprint density at radius 1 is 0.947 bits per heavy atom. The smallest absolute Gasteiger partial charge is 0.123 e. The second-order valence-corrected chi connectivity index (χ2v) is 7.09. The highest BCUT2D eigenvalue weighted by atomic mass is 16.3. The van der Waals surface area contributed by atoms with E-state index in [1.54, 1.807) is 13.0 Å². The summed E-state index contributed by atoms with van der Waals surface area (Å²) in [6, 6.07) is 3.75. The lowest BCUT2D eigenvalue weighted by molar-refractivity contribution is 0.422. The van der Waals surface area contributed by atoms with Gasteiger partial charge in [0.05, 0.1) is 0 Å². The molecule has 0 bridgehead atoms. The first kappa shape index (κ1) is 15.6. The topological polar surface area (TPSA) is 40.5 Å². The molecule has 0 aliphatic heterocycles. The van der Waals surface area contributed by atoms with E-state index in [1.165, 1.54) is 0 Å². The van der Waals surface area contributed by atoms with E-state index in [1.807, 2.05) is 12.1 Å². The summed E-state index contributed by atoms with van der Waals surface area (Å²) in [4.78, 5) is 0. The fourth-order valence-corrected chi connectivity index (χ4v) is 2.09. The molecule has 0 heterocycles. The Bertz CT molecular complexity index is 462.